The van der Waals surface area contributed by atoms with E-state index in [0.29, 0.717) is 25.7 Å². The van der Waals surface area contributed by atoms with Crippen LogP contribution in [0.4, 0.5) is 0 Å². The molecular formula is C18H25NO4. The molecule has 2 aliphatic carbocycles. The fourth-order valence-corrected chi connectivity index (χ4v) is 5.41. The molecule has 23 heavy (non-hydrogen) atoms. The Hall–Kier alpha value is -1.36. The first-order chi connectivity index (χ1) is 11.0. The van der Waals surface area contributed by atoms with Crippen molar-refractivity contribution in [3.05, 3.63) is 12.2 Å². The average Bonchev–Trinajstić information content (AvgIpc) is 3.04. The molecule has 4 rings (SSSR count). The molecule has 1 saturated carbocycles. The van der Waals surface area contributed by atoms with Crippen LogP contribution >= 0.6 is 0 Å². The second kappa shape index (κ2) is 5.07. The summed E-state index contributed by atoms with van der Waals surface area (Å²) in [7, 11) is 4.15. The third kappa shape index (κ3) is 2.09. The van der Waals surface area contributed by atoms with Crippen molar-refractivity contribution in [3.63, 3.8) is 0 Å². The van der Waals surface area contributed by atoms with E-state index in [-0.39, 0.29) is 23.8 Å². The minimum Gasteiger partial charge on any atom is -0.465 e. The van der Waals surface area contributed by atoms with Crippen molar-refractivity contribution >= 4 is 11.9 Å². The lowest BCUT2D eigenvalue weighted by Gasteiger charge is -2.51. The maximum absolute atomic E-state index is 12.7. The van der Waals surface area contributed by atoms with Crippen molar-refractivity contribution in [2.45, 2.75) is 38.1 Å². The molecule has 3 fully saturated rings. The van der Waals surface area contributed by atoms with Crippen molar-refractivity contribution in [1.29, 1.82) is 0 Å². The number of nitrogens with zero attached hydrogens (tertiary/aromatic N) is 1. The number of carbonyl (C=O) groups excluding carboxylic acids is 2. The van der Waals surface area contributed by atoms with Gasteiger partial charge in [0.05, 0.1) is 24.0 Å². The second-order valence-electron chi connectivity index (χ2n) is 8.01. The van der Waals surface area contributed by atoms with E-state index in [1.54, 1.807) is 0 Å². The average molecular weight is 319 g/mol. The van der Waals surface area contributed by atoms with Crippen LogP contribution in [0, 0.1) is 22.7 Å². The molecular weight excluding hydrogens is 294 g/mol. The first-order valence-corrected chi connectivity index (χ1v) is 8.66. The predicted molar refractivity (Wildman–Crippen MR) is 83.5 cm³/mol. The number of allylic oxidation sites excluding steroid dienone is 1. The molecule has 2 heterocycles. The molecule has 0 unspecified atom stereocenters. The van der Waals surface area contributed by atoms with Gasteiger partial charge in [-0.3, -0.25) is 9.59 Å². The second-order valence-corrected chi connectivity index (χ2v) is 8.01. The minimum absolute atomic E-state index is 0.0842. The molecule has 0 aromatic rings. The van der Waals surface area contributed by atoms with E-state index < -0.39 is 10.8 Å². The van der Waals surface area contributed by atoms with Crippen LogP contribution < -0.4 is 0 Å². The lowest BCUT2D eigenvalue weighted by molar-refractivity contribution is -0.163. The Kier molecular flexibility index (Phi) is 3.34. The maximum Gasteiger partial charge on any atom is 0.312 e. The van der Waals surface area contributed by atoms with Gasteiger partial charge in [0.25, 0.3) is 0 Å². The zero-order chi connectivity index (χ0) is 16.2. The van der Waals surface area contributed by atoms with Gasteiger partial charge in [-0.1, -0.05) is 12.2 Å². The summed E-state index contributed by atoms with van der Waals surface area (Å²) in [6.45, 7) is 0.981. The Morgan fingerprint density at radius 1 is 1.09 bits per heavy atom. The summed E-state index contributed by atoms with van der Waals surface area (Å²) in [6.07, 6.45) is 8.39. The number of esters is 2. The van der Waals surface area contributed by atoms with Crippen LogP contribution in [0.25, 0.3) is 0 Å². The largest absolute Gasteiger partial charge is 0.465 e. The highest BCUT2D eigenvalue weighted by molar-refractivity contribution is 5.84. The van der Waals surface area contributed by atoms with E-state index >= 15 is 0 Å². The van der Waals surface area contributed by atoms with E-state index in [9.17, 15) is 9.59 Å². The van der Waals surface area contributed by atoms with Crippen LogP contribution in [0.5, 0.6) is 0 Å². The van der Waals surface area contributed by atoms with Crippen LogP contribution in [-0.4, -0.2) is 50.2 Å². The number of ether oxygens (including phenoxy) is 2. The Bertz CT molecular complexity index is 571. The summed E-state index contributed by atoms with van der Waals surface area (Å²) in [5, 5.41) is 0. The summed E-state index contributed by atoms with van der Waals surface area (Å²) in [4.78, 5) is 27.4. The van der Waals surface area contributed by atoms with Crippen LogP contribution in [-0.2, 0) is 19.1 Å². The molecule has 5 nitrogen and oxygen atoms in total. The van der Waals surface area contributed by atoms with E-state index in [0.717, 1.165) is 25.7 Å². The number of carbonyl (C=O) groups is 2. The highest BCUT2D eigenvalue weighted by Crippen LogP contribution is 2.61. The number of hydrogen-bond donors (Lipinski definition) is 0. The molecule has 0 bridgehead atoms. The Balaban J connectivity index is 1.75. The van der Waals surface area contributed by atoms with E-state index in [2.05, 4.69) is 31.1 Å². The van der Waals surface area contributed by atoms with Gasteiger partial charge in [0, 0.05) is 6.04 Å². The summed E-state index contributed by atoms with van der Waals surface area (Å²) in [5.41, 5.74) is -0.967. The minimum atomic E-state index is -0.495. The van der Waals surface area contributed by atoms with Gasteiger partial charge in [-0.15, -0.1) is 0 Å². The fourth-order valence-electron chi connectivity index (χ4n) is 5.41. The van der Waals surface area contributed by atoms with Crippen LogP contribution in [0.3, 0.4) is 0 Å². The fraction of sp³-hybridized carbons (Fsp3) is 0.778. The van der Waals surface area contributed by atoms with E-state index in [1.165, 1.54) is 0 Å². The molecule has 0 aromatic carbocycles. The lowest BCUT2D eigenvalue weighted by atomic mass is 9.50. The Labute approximate surface area is 137 Å². The molecule has 0 aromatic heterocycles. The first kappa shape index (κ1) is 15.2. The van der Waals surface area contributed by atoms with E-state index in [1.807, 2.05) is 0 Å². The Morgan fingerprint density at radius 2 is 1.83 bits per heavy atom. The molecule has 2 saturated heterocycles. The monoisotopic (exact) mass is 319 g/mol. The number of rotatable bonds is 1. The van der Waals surface area contributed by atoms with Gasteiger partial charge in [0.2, 0.25) is 0 Å². The van der Waals surface area contributed by atoms with Crippen molar-refractivity contribution in [1.82, 2.24) is 4.90 Å². The summed E-state index contributed by atoms with van der Waals surface area (Å²) >= 11 is 0. The quantitative estimate of drug-likeness (QED) is 0.544. The van der Waals surface area contributed by atoms with Crippen molar-refractivity contribution in [3.8, 4) is 0 Å². The summed E-state index contributed by atoms with van der Waals surface area (Å²) in [6, 6.07) is 0.353. The van der Waals surface area contributed by atoms with Crippen LogP contribution in [0.1, 0.15) is 32.1 Å². The standard InChI is InChI=1S/C18H25NO4/c1-19(2)13-4-3-12-10-17(5-7-22-15(17)20)11-18(14(12)9-13)6-8-23-16(18)21/h3-4,12-14H,5-11H2,1-2H3/t12-,13-,14-,17-,18-/m0/s1. The molecule has 0 radical (unpaired) electrons. The van der Waals surface area contributed by atoms with E-state index in [4.69, 9.17) is 9.47 Å². The highest BCUT2D eigenvalue weighted by atomic mass is 16.5. The van der Waals surface area contributed by atoms with Gasteiger partial charge in [0.15, 0.2) is 0 Å². The van der Waals surface area contributed by atoms with Crippen molar-refractivity contribution in [2.24, 2.45) is 22.7 Å². The number of hydrogen-bond acceptors (Lipinski definition) is 5. The SMILES string of the molecule is CN(C)[C@H]1C=C[C@H]2C[C@@]3(CCOC3=O)C[C@@]3(CCOC3=O)[C@H]2C1. The number of likely N-dealkylation sites (N-methyl/N-ethyl adjacent to an activating group) is 1. The summed E-state index contributed by atoms with van der Waals surface area (Å²) in [5.74, 6) is 0.363. The molecule has 0 amide bonds. The molecule has 5 heteroatoms. The van der Waals surface area contributed by atoms with Gasteiger partial charge in [-0.2, -0.15) is 0 Å². The zero-order valence-corrected chi connectivity index (χ0v) is 13.9. The van der Waals surface area contributed by atoms with Gasteiger partial charge < -0.3 is 14.4 Å². The molecule has 2 aliphatic heterocycles. The third-order valence-corrected chi connectivity index (χ3v) is 6.68. The van der Waals surface area contributed by atoms with Gasteiger partial charge in [-0.25, -0.2) is 0 Å². The van der Waals surface area contributed by atoms with Gasteiger partial charge >= 0.3 is 11.9 Å². The number of fused-ring (bicyclic) bond motifs is 2. The lowest BCUT2D eigenvalue weighted by Crippen LogP contribution is -2.53. The number of cyclic esters (lactones) is 2. The zero-order valence-electron chi connectivity index (χ0n) is 13.9. The van der Waals surface area contributed by atoms with Crippen LogP contribution in [0.15, 0.2) is 12.2 Å². The topological polar surface area (TPSA) is 55.8 Å². The predicted octanol–water partition coefficient (Wildman–Crippen LogP) is 1.77. The van der Waals surface area contributed by atoms with Gasteiger partial charge in [0.1, 0.15) is 0 Å². The Morgan fingerprint density at radius 3 is 2.43 bits per heavy atom. The van der Waals surface area contributed by atoms with Crippen LogP contribution in [0.2, 0.25) is 0 Å². The molecule has 2 spiro atoms. The maximum atomic E-state index is 12.7. The first-order valence-electron chi connectivity index (χ1n) is 8.66. The smallest absolute Gasteiger partial charge is 0.312 e. The van der Waals surface area contributed by atoms with Crippen molar-refractivity contribution in [2.75, 3.05) is 27.3 Å². The molecule has 5 atom stereocenters. The third-order valence-electron chi connectivity index (χ3n) is 6.68. The van der Waals surface area contributed by atoms with Crippen molar-refractivity contribution < 1.29 is 19.1 Å². The highest BCUT2D eigenvalue weighted by Gasteiger charge is 2.64. The van der Waals surface area contributed by atoms with Gasteiger partial charge in [-0.05, 0) is 58.0 Å². The molecule has 0 N–H and O–H groups in total. The summed E-state index contributed by atoms with van der Waals surface area (Å²) < 4.78 is 10.7. The molecule has 126 valence electrons. The normalized spacial score (nSPS) is 45.6. The molecule has 4 aliphatic rings.